The fourth-order valence-corrected chi connectivity index (χ4v) is 1.11. The number of H-pyrrole nitrogens is 1. The van der Waals surface area contributed by atoms with Gasteiger partial charge in [-0.25, -0.2) is 0 Å². The Balaban J connectivity index is 0.000000980. The number of benzene rings is 1. The monoisotopic (exact) mass is 254 g/mol. The number of tetrazole rings is 1. The number of aromatic amines is 1. The van der Waals surface area contributed by atoms with Crippen LogP contribution >= 0.6 is 0 Å². The van der Waals surface area contributed by atoms with Gasteiger partial charge in [-0.1, -0.05) is 17.7 Å². The Kier molecular flexibility index (Phi) is 3.35. The summed E-state index contributed by atoms with van der Waals surface area (Å²) in [7, 11) is 0. The van der Waals surface area contributed by atoms with Crippen molar-refractivity contribution in [2.75, 3.05) is 0 Å². The van der Waals surface area contributed by atoms with Gasteiger partial charge in [-0.05, 0) is 34.2 Å². The maximum atomic E-state index is 4.16. The molecular weight excluding hydrogens is 244 g/mol. The van der Waals surface area contributed by atoms with Gasteiger partial charge in [0.15, 0.2) is 5.69 Å². The summed E-state index contributed by atoms with van der Waals surface area (Å²) in [4.78, 5) is 1.65. The molecule has 0 bridgehead atoms. The molecule has 0 fully saturated rings. The van der Waals surface area contributed by atoms with Gasteiger partial charge in [0, 0.05) is 6.92 Å². The second-order valence-corrected chi connectivity index (χ2v) is 3.01. The van der Waals surface area contributed by atoms with E-state index in [1.54, 1.807) is 4.80 Å². The molecule has 1 N–H and O–H groups in total. The van der Waals surface area contributed by atoms with E-state index in [9.17, 15) is 0 Å². The average Bonchev–Trinajstić information content (AvgIpc) is 2.53. The number of hydrogen-bond donors (Lipinski definition) is 1. The molecule has 0 unspecified atom stereocenters. The molecule has 0 aliphatic rings. The summed E-state index contributed by atoms with van der Waals surface area (Å²) >= 11 is 0. The van der Waals surface area contributed by atoms with Crippen LogP contribution in [0.2, 0.25) is 0 Å². The fourth-order valence-electron chi connectivity index (χ4n) is 1.11. The maximum Gasteiger partial charge on any atom is 0.305 e. The molecule has 0 amide bonds. The van der Waals surface area contributed by atoms with E-state index in [1.807, 2.05) is 31.2 Å². The molecule has 5 heteroatoms. The van der Waals surface area contributed by atoms with Gasteiger partial charge in [-0.3, -0.25) is 0 Å². The van der Waals surface area contributed by atoms with Crippen LogP contribution in [0.4, 0.5) is 0 Å². The van der Waals surface area contributed by atoms with Crippen LogP contribution in [0.25, 0.3) is 5.69 Å². The van der Waals surface area contributed by atoms with E-state index in [1.165, 1.54) is 5.56 Å². The lowest BCUT2D eigenvalue weighted by molar-refractivity contribution is -0.717. The maximum absolute atomic E-state index is 4.16. The van der Waals surface area contributed by atoms with Crippen LogP contribution in [0, 0.1) is 13.8 Å². The minimum absolute atomic E-state index is 0. The molecule has 74 valence electrons. The van der Waals surface area contributed by atoms with E-state index in [2.05, 4.69) is 22.3 Å². The number of hydrogen-bond acceptors (Lipinski definition) is 2. The van der Waals surface area contributed by atoms with Crippen molar-refractivity contribution < 1.29 is 21.8 Å². The Hall–Kier alpha value is -1.23. The quantitative estimate of drug-likeness (QED) is 0.583. The molecule has 0 atom stereocenters. The Morgan fingerprint density at radius 2 is 1.79 bits per heavy atom. The zero-order valence-electron chi connectivity index (χ0n) is 8.03. The predicted octanol–water partition coefficient (Wildman–Crippen LogP) is -2.30. The van der Waals surface area contributed by atoms with E-state index in [4.69, 9.17) is 0 Å². The number of nitrogens with zero attached hydrogens (tertiary/aromatic N) is 3. The van der Waals surface area contributed by atoms with Crippen LogP contribution in [0.5, 0.6) is 0 Å². The number of aromatic nitrogens is 4. The van der Waals surface area contributed by atoms with Gasteiger partial charge >= 0.3 is 5.82 Å². The van der Waals surface area contributed by atoms with Gasteiger partial charge in [0.25, 0.3) is 0 Å². The molecule has 14 heavy (non-hydrogen) atoms. The summed E-state index contributed by atoms with van der Waals surface area (Å²) in [6, 6.07) is 8.08. The lowest BCUT2D eigenvalue weighted by Crippen LogP contribution is -3.00. The zero-order valence-corrected chi connectivity index (χ0v) is 9.62. The predicted molar refractivity (Wildman–Crippen MR) is 47.4 cm³/mol. The molecule has 0 spiro atoms. The zero-order chi connectivity index (χ0) is 9.26. The Labute approximate surface area is 92.7 Å². The third kappa shape index (κ3) is 2.17. The van der Waals surface area contributed by atoms with E-state index in [-0.39, 0.29) is 17.0 Å². The highest BCUT2D eigenvalue weighted by atomic mass is 79.9. The number of aryl methyl sites for hydroxylation is 2. The van der Waals surface area contributed by atoms with Gasteiger partial charge in [0.2, 0.25) is 0 Å². The molecule has 0 saturated carbocycles. The van der Waals surface area contributed by atoms with E-state index in [0.29, 0.717) is 0 Å². The van der Waals surface area contributed by atoms with E-state index in [0.717, 1.165) is 11.5 Å². The fraction of sp³-hybridized carbons (Fsp3) is 0.222. The van der Waals surface area contributed by atoms with Crippen molar-refractivity contribution in [1.29, 1.82) is 0 Å². The second kappa shape index (κ2) is 4.32. The second-order valence-electron chi connectivity index (χ2n) is 3.01. The lowest BCUT2D eigenvalue weighted by Gasteiger charge is -1.92. The number of nitrogens with one attached hydrogen (secondary N) is 1. The highest BCUT2D eigenvalue weighted by Crippen LogP contribution is 2.00. The Morgan fingerprint density at radius 1 is 1.14 bits per heavy atom. The summed E-state index contributed by atoms with van der Waals surface area (Å²) in [5.41, 5.74) is 2.23. The molecule has 0 aliphatic heterocycles. The first-order valence-electron chi connectivity index (χ1n) is 4.14. The van der Waals surface area contributed by atoms with E-state index >= 15 is 0 Å². The highest BCUT2D eigenvalue weighted by Gasteiger charge is 2.07. The van der Waals surface area contributed by atoms with Crippen molar-refractivity contribution in [3.8, 4) is 5.69 Å². The van der Waals surface area contributed by atoms with Crippen LogP contribution in [0.15, 0.2) is 24.3 Å². The van der Waals surface area contributed by atoms with Gasteiger partial charge < -0.3 is 17.0 Å². The van der Waals surface area contributed by atoms with Crippen LogP contribution < -0.4 is 21.8 Å². The molecule has 1 aromatic heterocycles. The molecule has 0 saturated heterocycles. The average molecular weight is 255 g/mol. The first-order chi connectivity index (χ1) is 6.25. The van der Waals surface area contributed by atoms with Crippen molar-refractivity contribution in [2.45, 2.75) is 13.8 Å². The molecule has 0 aliphatic carbocycles. The summed E-state index contributed by atoms with van der Waals surface area (Å²) < 4.78 is 0. The van der Waals surface area contributed by atoms with Crippen LogP contribution in [-0.4, -0.2) is 15.4 Å². The van der Waals surface area contributed by atoms with Crippen molar-refractivity contribution in [3.05, 3.63) is 35.7 Å². The third-order valence-electron chi connectivity index (χ3n) is 1.83. The Bertz CT molecular complexity index is 407. The highest BCUT2D eigenvalue weighted by molar-refractivity contribution is 5.25. The number of rotatable bonds is 1. The van der Waals surface area contributed by atoms with Gasteiger partial charge in [0.05, 0.1) is 5.10 Å². The van der Waals surface area contributed by atoms with Crippen LogP contribution in [0.3, 0.4) is 0 Å². The third-order valence-corrected chi connectivity index (χ3v) is 1.83. The molecule has 2 aromatic rings. The van der Waals surface area contributed by atoms with Crippen molar-refractivity contribution in [2.24, 2.45) is 0 Å². The minimum atomic E-state index is 0. The van der Waals surface area contributed by atoms with Crippen LogP contribution in [0.1, 0.15) is 11.4 Å². The molecule has 1 aromatic carbocycles. The van der Waals surface area contributed by atoms with Crippen molar-refractivity contribution in [3.63, 3.8) is 0 Å². The summed E-state index contributed by atoms with van der Waals surface area (Å²) in [6.45, 7) is 3.90. The van der Waals surface area contributed by atoms with Crippen molar-refractivity contribution >= 4 is 0 Å². The molecule has 1 heterocycles. The summed E-state index contributed by atoms with van der Waals surface area (Å²) in [5.74, 6) is 0.737. The normalized spacial score (nSPS) is 9.57. The first kappa shape index (κ1) is 10.8. The molecule has 4 nitrogen and oxygen atoms in total. The Morgan fingerprint density at radius 3 is 2.29 bits per heavy atom. The standard InChI is InChI=1S/C9H10N4.BrH/c1-7-3-5-9(6-4-7)13-11-8(2)10-12-13;/h3-6H,1-2H3;1H. The summed E-state index contributed by atoms with van der Waals surface area (Å²) in [5, 5.41) is 10.9. The van der Waals surface area contributed by atoms with Crippen LogP contribution in [-0.2, 0) is 0 Å². The molecular formula is C9H11BrN4. The summed E-state index contributed by atoms with van der Waals surface area (Å²) in [6.07, 6.45) is 0. The molecule has 0 radical (unpaired) electrons. The molecule has 2 rings (SSSR count). The SMILES string of the molecule is Cc1ccc(-[n+]2nc(C)n[nH]2)cc1.[Br-]. The van der Waals surface area contributed by atoms with Gasteiger partial charge in [-0.2, -0.15) is 0 Å². The van der Waals surface area contributed by atoms with Crippen molar-refractivity contribution in [1.82, 2.24) is 15.4 Å². The largest absolute Gasteiger partial charge is 1.00 e. The van der Waals surface area contributed by atoms with Gasteiger partial charge in [0.1, 0.15) is 0 Å². The topological polar surface area (TPSA) is 45.5 Å². The van der Waals surface area contributed by atoms with E-state index < -0.39 is 0 Å². The number of halogens is 1. The van der Waals surface area contributed by atoms with Gasteiger partial charge in [-0.15, -0.1) is 0 Å². The smallest absolute Gasteiger partial charge is 0.305 e. The lowest BCUT2D eigenvalue weighted by atomic mass is 10.2. The first-order valence-corrected chi connectivity index (χ1v) is 4.14. The minimum Gasteiger partial charge on any atom is -1.00 e.